The fourth-order valence-electron chi connectivity index (χ4n) is 5.59. The molecule has 0 N–H and O–H groups in total. The van der Waals surface area contributed by atoms with Crippen LogP contribution in [0.3, 0.4) is 0 Å². The van der Waals surface area contributed by atoms with Gasteiger partial charge in [0.25, 0.3) is 0 Å². The van der Waals surface area contributed by atoms with Gasteiger partial charge >= 0.3 is 0 Å². The van der Waals surface area contributed by atoms with Crippen LogP contribution < -0.4 is 9.47 Å². The second kappa shape index (κ2) is 13.0. The van der Waals surface area contributed by atoms with Crippen molar-refractivity contribution in [3.63, 3.8) is 0 Å². The lowest BCUT2D eigenvalue weighted by molar-refractivity contribution is 0.0512. The van der Waals surface area contributed by atoms with Crippen LogP contribution in [-0.4, -0.2) is 5.60 Å². The number of benzene rings is 1. The fraction of sp³-hybridized carbons (Fsp3) is 0.750. The van der Waals surface area contributed by atoms with Crippen molar-refractivity contribution < 1.29 is 9.47 Å². The third-order valence-electron chi connectivity index (χ3n) is 8.11. The molecule has 2 heteroatoms. The van der Waals surface area contributed by atoms with Gasteiger partial charge in [-0.25, -0.2) is 0 Å². The van der Waals surface area contributed by atoms with E-state index in [1.54, 1.807) is 0 Å². The van der Waals surface area contributed by atoms with E-state index in [0.29, 0.717) is 0 Å². The Morgan fingerprint density at radius 3 is 2.00 bits per heavy atom. The zero-order valence-electron chi connectivity index (χ0n) is 24.0. The van der Waals surface area contributed by atoms with Gasteiger partial charge in [-0.05, 0) is 94.7 Å². The third-order valence-corrected chi connectivity index (χ3v) is 8.11. The average Bonchev–Trinajstić information content (AvgIpc) is 2.74. The minimum atomic E-state index is -0.0575. The Balaban J connectivity index is 1.82. The maximum atomic E-state index is 6.74. The molecular formula is C32H54O2. The van der Waals surface area contributed by atoms with Gasteiger partial charge < -0.3 is 9.47 Å². The Bertz CT molecular complexity index is 806. The SMILES string of the molecule is C=C(C)Oc1c(C)c(C)c2c(c1C)CC[C@@](C)(CCC[C@H](C)CCC[C@H](C)CCCC(C)C)O2. The summed E-state index contributed by atoms with van der Waals surface area (Å²) in [6.45, 7) is 24.2. The number of ether oxygens (including phenoxy) is 2. The number of fused-ring (bicyclic) bond motifs is 1. The molecule has 1 aliphatic heterocycles. The molecule has 0 fully saturated rings. The smallest absolute Gasteiger partial charge is 0.133 e. The van der Waals surface area contributed by atoms with Gasteiger partial charge in [0.15, 0.2) is 0 Å². The molecule has 1 aliphatic rings. The van der Waals surface area contributed by atoms with Crippen molar-refractivity contribution in [2.24, 2.45) is 17.8 Å². The van der Waals surface area contributed by atoms with Crippen molar-refractivity contribution in [1.82, 2.24) is 0 Å². The summed E-state index contributed by atoms with van der Waals surface area (Å²) in [6, 6.07) is 0. The van der Waals surface area contributed by atoms with Gasteiger partial charge in [0.2, 0.25) is 0 Å². The maximum Gasteiger partial charge on any atom is 0.133 e. The second-order valence-corrected chi connectivity index (χ2v) is 12.2. The van der Waals surface area contributed by atoms with Crippen molar-refractivity contribution in [3.05, 3.63) is 34.6 Å². The Morgan fingerprint density at radius 1 is 0.882 bits per heavy atom. The Hall–Kier alpha value is -1.44. The molecule has 0 radical (unpaired) electrons. The molecule has 1 aromatic carbocycles. The van der Waals surface area contributed by atoms with Crippen LogP contribution >= 0.6 is 0 Å². The van der Waals surface area contributed by atoms with Crippen LogP contribution in [-0.2, 0) is 6.42 Å². The van der Waals surface area contributed by atoms with Crippen LogP contribution in [0.25, 0.3) is 0 Å². The molecular weight excluding hydrogens is 416 g/mol. The van der Waals surface area contributed by atoms with E-state index < -0.39 is 0 Å². The van der Waals surface area contributed by atoms with Gasteiger partial charge in [-0.3, -0.25) is 0 Å². The van der Waals surface area contributed by atoms with Gasteiger partial charge in [-0.2, -0.15) is 0 Å². The monoisotopic (exact) mass is 470 g/mol. The molecule has 0 spiro atoms. The van der Waals surface area contributed by atoms with E-state index in [4.69, 9.17) is 9.47 Å². The second-order valence-electron chi connectivity index (χ2n) is 12.2. The van der Waals surface area contributed by atoms with Gasteiger partial charge in [-0.15, -0.1) is 0 Å². The molecule has 0 bridgehead atoms. The molecule has 0 aliphatic carbocycles. The van der Waals surface area contributed by atoms with E-state index in [2.05, 4.69) is 62.0 Å². The molecule has 194 valence electrons. The average molecular weight is 471 g/mol. The summed E-state index contributed by atoms with van der Waals surface area (Å²) in [7, 11) is 0. The first kappa shape index (κ1) is 28.8. The number of hydrogen-bond donors (Lipinski definition) is 0. The number of allylic oxidation sites excluding steroid dienone is 1. The van der Waals surface area contributed by atoms with Crippen LogP contribution in [0.1, 0.15) is 128 Å². The molecule has 1 aromatic rings. The van der Waals surface area contributed by atoms with Crippen LogP contribution in [0.2, 0.25) is 0 Å². The molecule has 2 nitrogen and oxygen atoms in total. The summed E-state index contributed by atoms with van der Waals surface area (Å²) in [4.78, 5) is 0. The fourth-order valence-corrected chi connectivity index (χ4v) is 5.59. The molecule has 0 saturated heterocycles. The van der Waals surface area contributed by atoms with E-state index in [0.717, 1.165) is 54.3 Å². The van der Waals surface area contributed by atoms with E-state index in [-0.39, 0.29) is 5.60 Å². The van der Waals surface area contributed by atoms with Gasteiger partial charge in [0.05, 0.1) is 5.76 Å². The Kier molecular flexibility index (Phi) is 11.0. The molecule has 3 atom stereocenters. The largest absolute Gasteiger partial charge is 0.487 e. The number of rotatable bonds is 14. The van der Waals surface area contributed by atoms with Crippen LogP contribution in [0.15, 0.2) is 12.3 Å². The van der Waals surface area contributed by atoms with Gasteiger partial charge in [-0.1, -0.05) is 79.2 Å². The first-order valence-electron chi connectivity index (χ1n) is 14.1. The predicted molar refractivity (Wildman–Crippen MR) is 148 cm³/mol. The lowest BCUT2D eigenvalue weighted by Crippen LogP contribution is -2.37. The topological polar surface area (TPSA) is 18.5 Å². The van der Waals surface area contributed by atoms with E-state index in [1.165, 1.54) is 73.6 Å². The maximum absolute atomic E-state index is 6.74. The quantitative estimate of drug-likeness (QED) is 0.252. The highest BCUT2D eigenvalue weighted by atomic mass is 16.5. The minimum Gasteiger partial charge on any atom is -0.487 e. The summed E-state index contributed by atoms with van der Waals surface area (Å²) >= 11 is 0. The zero-order valence-corrected chi connectivity index (χ0v) is 24.0. The highest BCUT2D eigenvalue weighted by molar-refractivity contribution is 5.59. The summed E-state index contributed by atoms with van der Waals surface area (Å²) in [5.74, 6) is 5.37. The first-order valence-corrected chi connectivity index (χ1v) is 14.1. The zero-order chi connectivity index (χ0) is 25.5. The normalized spacial score (nSPS) is 19.5. The molecule has 0 saturated carbocycles. The Labute approximate surface area is 211 Å². The molecule has 0 unspecified atom stereocenters. The lowest BCUT2D eigenvalue weighted by Gasteiger charge is -2.38. The minimum absolute atomic E-state index is 0.0575. The molecule has 34 heavy (non-hydrogen) atoms. The predicted octanol–water partition coefficient (Wildman–Crippen LogP) is 10.0. The van der Waals surface area contributed by atoms with Gasteiger partial charge in [0, 0.05) is 5.56 Å². The van der Waals surface area contributed by atoms with E-state index in [1.807, 2.05) is 6.92 Å². The van der Waals surface area contributed by atoms with Crippen molar-refractivity contribution in [2.45, 2.75) is 139 Å². The van der Waals surface area contributed by atoms with Crippen molar-refractivity contribution >= 4 is 0 Å². The van der Waals surface area contributed by atoms with Crippen molar-refractivity contribution in [1.29, 1.82) is 0 Å². The first-order chi connectivity index (χ1) is 15.9. The van der Waals surface area contributed by atoms with Crippen molar-refractivity contribution in [2.75, 3.05) is 0 Å². The van der Waals surface area contributed by atoms with Crippen molar-refractivity contribution in [3.8, 4) is 11.5 Å². The van der Waals surface area contributed by atoms with Crippen LogP contribution in [0.4, 0.5) is 0 Å². The van der Waals surface area contributed by atoms with E-state index >= 15 is 0 Å². The summed E-state index contributed by atoms with van der Waals surface area (Å²) in [5, 5.41) is 0. The summed E-state index contributed by atoms with van der Waals surface area (Å²) < 4.78 is 12.7. The highest BCUT2D eigenvalue weighted by Crippen LogP contribution is 2.45. The molecule has 1 heterocycles. The van der Waals surface area contributed by atoms with Crippen LogP contribution in [0, 0.1) is 38.5 Å². The lowest BCUT2D eigenvalue weighted by atomic mass is 9.83. The standard InChI is InChI=1S/C32H54O2/c1-22(2)14-11-15-24(5)16-12-17-25(6)18-13-20-32(10)21-19-29-28(9)30(33-23(3)4)26(7)27(8)31(29)34-32/h22,24-25H,3,11-21H2,1-2,4-10H3/t24-,25-,32-/m1/s1. The van der Waals surface area contributed by atoms with E-state index in [9.17, 15) is 0 Å². The van der Waals surface area contributed by atoms with Crippen LogP contribution in [0.5, 0.6) is 11.5 Å². The Morgan fingerprint density at radius 2 is 1.44 bits per heavy atom. The number of hydrogen-bond acceptors (Lipinski definition) is 2. The highest BCUT2D eigenvalue weighted by Gasteiger charge is 2.34. The molecule has 2 rings (SSSR count). The summed E-state index contributed by atoms with van der Waals surface area (Å²) in [5.41, 5.74) is 4.88. The third kappa shape index (κ3) is 8.35. The van der Waals surface area contributed by atoms with Gasteiger partial charge in [0.1, 0.15) is 17.1 Å². The summed E-state index contributed by atoms with van der Waals surface area (Å²) in [6.07, 6.45) is 14.2. The molecule has 0 aromatic heterocycles. The molecule has 0 amide bonds.